The molecule has 0 spiro atoms. The first-order chi connectivity index (χ1) is 8.04. The minimum absolute atomic E-state index is 0.209. The molecule has 0 heterocycles. The maximum Gasteiger partial charge on any atom is 0.0587 e. The van der Waals surface area contributed by atoms with Gasteiger partial charge in [0.2, 0.25) is 0 Å². The third kappa shape index (κ3) is 4.49. The van der Waals surface area contributed by atoms with Crippen molar-refractivity contribution in [2.45, 2.75) is 40.2 Å². The Morgan fingerprint density at radius 2 is 1.94 bits per heavy atom. The fraction of sp³-hybridized carbons (Fsp3) is 0.600. The molecule has 96 valence electrons. The molecule has 0 aliphatic carbocycles. The molecule has 2 nitrogen and oxygen atoms in total. The molecule has 0 radical (unpaired) electrons. The highest BCUT2D eigenvalue weighted by Gasteiger charge is 2.10. The smallest absolute Gasteiger partial charge is 0.0587 e. The normalized spacial score (nSPS) is 13.1. The van der Waals surface area contributed by atoms with Gasteiger partial charge in [0.25, 0.3) is 0 Å². The van der Waals surface area contributed by atoms with E-state index in [4.69, 9.17) is 0 Å². The van der Waals surface area contributed by atoms with Gasteiger partial charge in [0, 0.05) is 6.04 Å². The molecule has 0 saturated heterocycles. The molecular formula is C15H25NO. The zero-order valence-corrected chi connectivity index (χ0v) is 11.5. The predicted octanol–water partition coefficient (Wildman–Crippen LogP) is 2.45. The molecule has 1 atom stereocenters. The summed E-state index contributed by atoms with van der Waals surface area (Å²) < 4.78 is 0. The van der Waals surface area contributed by atoms with Gasteiger partial charge in [-0.25, -0.2) is 0 Å². The molecule has 0 saturated carbocycles. The lowest BCUT2D eigenvalue weighted by molar-refractivity contribution is 0.212. The average Bonchev–Trinajstić information content (AvgIpc) is 2.26. The first kappa shape index (κ1) is 14.2. The number of aryl methyl sites for hydroxylation is 2. The summed E-state index contributed by atoms with van der Waals surface area (Å²) in [5.74, 6) is 0.471. The minimum atomic E-state index is 0.209. The standard InChI is InChI=1S/C15H25NO/c1-11(2)15(10-17)16-8-7-14-6-5-12(3)9-13(14)4/h5-6,9,11,15-17H,7-8,10H2,1-4H3. The lowest BCUT2D eigenvalue weighted by Gasteiger charge is -2.20. The van der Waals surface area contributed by atoms with Crippen LogP contribution in [0.3, 0.4) is 0 Å². The van der Waals surface area contributed by atoms with Crippen LogP contribution in [0.15, 0.2) is 18.2 Å². The summed E-state index contributed by atoms with van der Waals surface area (Å²) in [6.45, 7) is 9.68. The van der Waals surface area contributed by atoms with E-state index in [-0.39, 0.29) is 12.6 Å². The van der Waals surface area contributed by atoms with Crippen molar-refractivity contribution in [3.8, 4) is 0 Å². The zero-order chi connectivity index (χ0) is 12.8. The molecule has 0 aliphatic heterocycles. The summed E-state index contributed by atoms with van der Waals surface area (Å²) in [7, 11) is 0. The van der Waals surface area contributed by atoms with Crippen molar-refractivity contribution in [2.24, 2.45) is 5.92 Å². The van der Waals surface area contributed by atoms with E-state index in [0.717, 1.165) is 13.0 Å². The van der Waals surface area contributed by atoms with Gasteiger partial charge in [0.05, 0.1) is 6.61 Å². The summed E-state index contributed by atoms with van der Waals surface area (Å²) in [5.41, 5.74) is 4.06. The van der Waals surface area contributed by atoms with Gasteiger partial charge in [-0.1, -0.05) is 37.6 Å². The number of rotatable bonds is 6. The van der Waals surface area contributed by atoms with Crippen LogP contribution in [0, 0.1) is 19.8 Å². The largest absolute Gasteiger partial charge is 0.395 e. The van der Waals surface area contributed by atoms with E-state index in [1.165, 1.54) is 16.7 Å². The highest BCUT2D eigenvalue weighted by molar-refractivity contribution is 5.30. The van der Waals surface area contributed by atoms with Gasteiger partial charge in [-0.3, -0.25) is 0 Å². The van der Waals surface area contributed by atoms with Gasteiger partial charge in [0.1, 0.15) is 0 Å². The second kappa shape index (κ2) is 6.77. The van der Waals surface area contributed by atoms with Crippen LogP contribution in [0.25, 0.3) is 0 Å². The third-order valence-electron chi connectivity index (χ3n) is 3.30. The topological polar surface area (TPSA) is 32.3 Å². The molecule has 1 unspecified atom stereocenters. The maximum absolute atomic E-state index is 9.22. The first-order valence-corrected chi connectivity index (χ1v) is 6.45. The Kier molecular flexibility index (Phi) is 5.66. The van der Waals surface area contributed by atoms with Crippen LogP contribution in [-0.4, -0.2) is 24.3 Å². The molecule has 1 aromatic rings. The summed E-state index contributed by atoms with van der Waals surface area (Å²) in [6, 6.07) is 6.80. The highest BCUT2D eigenvalue weighted by Crippen LogP contribution is 2.11. The minimum Gasteiger partial charge on any atom is -0.395 e. The Morgan fingerprint density at radius 1 is 1.24 bits per heavy atom. The monoisotopic (exact) mass is 235 g/mol. The van der Waals surface area contributed by atoms with Crippen molar-refractivity contribution in [2.75, 3.05) is 13.2 Å². The van der Waals surface area contributed by atoms with Gasteiger partial charge in [-0.05, 0) is 43.9 Å². The first-order valence-electron chi connectivity index (χ1n) is 6.45. The van der Waals surface area contributed by atoms with E-state index < -0.39 is 0 Å². The van der Waals surface area contributed by atoms with E-state index in [1.807, 2.05) is 0 Å². The summed E-state index contributed by atoms with van der Waals surface area (Å²) in [5, 5.41) is 12.6. The van der Waals surface area contributed by atoms with Crippen molar-refractivity contribution in [3.05, 3.63) is 34.9 Å². The molecule has 0 fully saturated rings. The third-order valence-corrected chi connectivity index (χ3v) is 3.30. The van der Waals surface area contributed by atoms with E-state index in [2.05, 4.69) is 51.2 Å². The molecular weight excluding hydrogens is 210 g/mol. The lowest BCUT2D eigenvalue weighted by Crippen LogP contribution is -2.38. The van der Waals surface area contributed by atoms with Crippen molar-refractivity contribution in [1.82, 2.24) is 5.32 Å². The van der Waals surface area contributed by atoms with E-state index in [1.54, 1.807) is 0 Å². The zero-order valence-electron chi connectivity index (χ0n) is 11.5. The molecule has 0 aromatic heterocycles. The fourth-order valence-corrected chi connectivity index (χ4v) is 2.03. The Balaban J connectivity index is 2.45. The summed E-state index contributed by atoms with van der Waals surface area (Å²) in [4.78, 5) is 0. The summed E-state index contributed by atoms with van der Waals surface area (Å²) >= 11 is 0. The van der Waals surface area contributed by atoms with Gasteiger partial charge in [0.15, 0.2) is 0 Å². The van der Waals surface area contributed by atoms with Gasteiger partial charge >= 0.3 is 0 Å². The van der Waals surface area contributed by atoms with Crippen LogP contribution in [0.4, 0.5) is 0 Å². The van der Waals surface area contributed by atoms with Gasteiger partial charge < -0.3 is 10.4 Å². The molecule has 2 heteroatoms. The predicted molar refractivity (Wildman–Crippen MR) is 73.3 cm³/mol. The van der Waals surface area contributed by atoms with Crippen molar-refractivity contribution >= 4 is 0 Å². The Bertz CT molecular complexity index is 347. The van der Waals surface area contributed by atoms with Crippen LogP contribution >= 0.6 is 0 Å². The average molecular weight is 235 g/mol. The number of aliphatic hydroxyl groups is 1. The number of benzene rings is 1. The number of hydrogen-bond acceptors (Lipinski definition) is 2. The van der Waals surface area contributed by atoms with Crippen LogP contribution < -0.4 is 5.32 Å². The maximum atomic E-state index is 9.22. The molecule has 0 amide bonds. The Labute approximate surface area is 105 Å². The molecule has 2 N–H and O–H groups in total. The Hall–Kier alpha value is -0.860. The molecule has 1 rings (SSSR count). The van der Waals surface area contributed by atoms with E-state index >= 15 is 0 Å². The van der Waals surface area contributed by atoms with Gasteiger partial charge in [-0.2, -0.15) is 0 Å². The second-order valence-electron chi connectivity index (χ2n) is 5.17. The highest BCUT2D eigenvalue weighted by atomic mass is 16.3. The van der Waals surface area contributed by atoms with Crippen molar-refractivity contribution in [3.63, 3.8) is 0 Å². The number of nitrogens with one attached hydrogen (secondary N) is 1. The number of hydrogen-bond donors (Lipinski definition) is 2. The SMILES string of the molecule is Cc1ccc(CCNC(CO)C(C)C)c(C)c1. The number of aliphatic hydroxyl groups excluding tert-OH is 1. The summed E-state index contributed by atoms with van der Waals surface area (Å²) in [6.07, 6.45) is 1.02. The van der Waals surface area contributed by atoms with Crippen LogP contribution in [-0.2, 0) is 6.42 Å². The van der Waals surface area contributed by atoms with Crippen LogP contribution in [0.2, 0.25) is 0 Å². The fourth-order valence-electron chi connectivity index (χ4n) is 2.03. The second-order valence-corrected chi connectivity index (χ2v) is 5.17. The van der Waals surface area contributed by atoms with E-state index in [9.17, 15) is 5.11 Å². The van der Waals surface area contributed by atoms with Gasteiger partial charge in [-0.15, -0.1) is 0 Å². The molecule has 17 heavy (non-hydrogen) atoms. The van der Waals surface area contributed by atoms with Crippen molar-refractivity contribution < 1.29 is 5.11 Å². The Morgan fingerprint density at radius 3 is 2.47 bits per heavy atom. The molecule has 0 bridgehead atoms. The van der Waals surface area contributed by atoms with Crippen molar-refractivity contribution in [1.29, 1.82) is 0 Å². The van der Waals surface area contributed by atoms with Crippen LogP contribution in [0.5, 0.6) is 0 Å². The lowest BCUT2D eigenvalue weighted by atomic mass is 10.0. The van der Waals surface area contributed by atoms with Crippen LogP contribution in [0.1, 0.15) is 30.5 Å². The van der Waals surface area contributed by atoms with E-state index in [0.29, 0.717) is 5.92 Å². The quantitative estimate of drug-likeness (QED) is 0.794. The molecule has 0 aliphatic rings. The molecule has 1 aromatic carbocycles.